The maximum atomic E-state index is 10.6. The van der Waals surface area contributed by atoms with Crippen LogP contribution in [0.3, 0.4) is 0 Å². The largest absolute Gasteiger partial charge is 0.465 e. The van der Waals surface area contributed by atoms with Crippen LogP contribution in [-0.4, -0.2) is 24.3 Å². The van der Waals surface area contributed by atoms with Crippen LogP contribution in [0, 0.1) is 5.92 Å². The number of rotatable bonds is 1. The van der Waals surface area contributed by atoms with Crippen molar-refractivity contribution in [2.45, 2.75) is 12.8 Å². The van der Waals surface area contributed by atoms with Gasteiger partial charge in [-0.25, -0.2) is 0 Å². The van der Waals surface area contributed by atoms with Crippen LogP contribution in [0.5, 0.6) is 0 Å². The van der Waals surface area contributed by atoms with Gasteiger partial charge in [0.15, 0.2) is 0 Å². The third-order valence-corrected chi connectivity index (χ3v) is 1.49. The van der Waals surface area contributed by atoms with E-state index < -0.39 is 0 Å². The third kappa shape index (κ3) is 1.42. The second-order valence-corrected chi connectivity index (χ2v) is 2.19. The Labute approximate surface area is 53.6 Å². The molecule has 0 aromatic carbocycles. The maximum Gasteiger partial charge on any atom is 0.311 e. The van der Waals surface area contributed by atoms with Crippen molar-refractivity contribution in [2.75, 3.05) is 13.2 Å². The van der Waals surface area contributed by atoms with Crippen LogP contribution in [0.2, 0.25) is 0 Å². The molecule has 1 rings (SSSR count). The topological polar surface area (TPSA) is 46.5 Å². The number of aliphatic hydroxyl groups is 1. The minimum atomic E-state index is -0.251. The SMILES string of the molecule is O=C1OCCC[C@H]1CO. The number of ether oxygens (including phenoxy) is 1. The molecule has 9 heavy (non-hydrogen) atoms. The summed E-state index contributed by atoms with van der Waals surface area (Å²) in [7, 11) is 0. The van der Waals surface area contributed by atoms with Crippen LogP contribution in [0.4, 0.5) is 0 Å². The van der Waals surface area contributed by atoms with E-state index >= 15 is 0 Å². The van der Waals surface area contributed by atoms with E-state index in [1.807, 2.05) is 0 Å². The van der Waals surface area contributed by atoms with Gasteiger partial charge in [-0.2, -0.15) is 0 Å². The minimum absolute atomic E-state index is 0.0706. The molecule has 1 fully saturated rings. The van der Waals surface area contributed by atoms with E-state index in [2.05, 4.69) is 4.74 Å². The lowest BCUT2D eigenvalue weighted by molar-refractivity contribution is -0.154. The summed E-state index contributed by atoms with van der Waals surface area (Å²) in [4.78, 5) is 10.6. The third-order valence-electron chi connectivity index (χ3n) is 1.49. The molecule has 0 aromatic heterocycles. The predicted octanol–water partition coefficient (Wildman–Crippen LogP) is -0.0681. The highest BCUT2D eigenvalue weighted by Crippen LogP contribution is 2.13. The summed E-state index contributed by atoms with van der Waals surface area (Å²) in [5, 5.41) is 8.56. The molecule has 0 radical (unpaired) electrons. The smallest absolute Gasteiger partial charge is 0.311 e. The normalized spacial score (nSPS) is 27.7. The van der Waals surface area contributed by atoms with Crippen LogP contribution in [0.1, 0.15) is 12.8 Å². The van der Waals surface area contributed by atoms with Gasteiger partial charge in [-0.3, -0.25) is 4.79 Å². The van der Waals surface area contributed by atoms with Crippen LogP contribution in [0.15, 0.2) is 0 Å². The molecule has 1 atom stereocenters. The highest BCUT2D eigenvalue weighted by atomic mass is 16.5. The molecule has 0 amide bonds. The van der Waals surface area contributed by atoms with Gasteiger partial charge in [0, 0.05) is 0 Å². The molecule has 0 saturated carbocycles. The van der Waals surface area contributed by atoms with Crippen molar-refractivity contribution in [1.29, 1.82) is 0 Å². The van der Waals surface area contributed by atoms with Crippen LogP contribution < -0.4 is 0 Å². The lowest BCUT2D eigenvalue weighted by Gasteiger charge is -2.17. The van der Waals surface area contributed by atoms with Gasteiger partial charge >= 0.3 is 5.97 Å². The molecule has 1 saturated heterocycles. The molecule has 1 N–H and O–H groups in total. The second kappa shape index (κ2) is 2.82. The lowest BCUT2D eigenvalue weighted by atomic mass is 10.0. The summed E-state index contributed by atoms with van der Waals surface area (Å²) in [5.74, 6) is -0.498. The lowest BCUT2D eigenvalue weighted by Crippen LogP contribution is -2.26. The van der Waals surface area contributed by atoms with Gasteiger partial charge in [0.1, 0.15) is 0 Å². The Bertz CT molecular complexity index is 111. The molecule has 0 aliphatic carbocycles. The molecular formula is C6H10O3. The van der Waals surface area contributed by atoms with Crippen molar-refractivity contribution in [3.8, 4) is 0 Å². The van der Waals surface area contributed by atoms with Crippen molar-refractivity contribution in [2.24, 2.45) is 5.92 Å². The van der Waals surface area contributed by atoms with E-state index in [1.165, 1.54) is 0 Å². The molecule has 0 bridgehead atoms. The van der Waals surface area contributed by atoms with Gasteiger partial charge in [-0.1, -0.05) is 0 Å². The summed E-state index contributed by atoms with van der Waals surface area (Å²) >= 11 is 0. The van der Waals surface area contributed by atoms with E-state index in [0.29, 0.717) is 6.61 Å². The first-order chi connectivity index (χ1) is 4.34. The number of hydrogen-bond donors (Lipinski definition) is 1. The van der Waals surface area contributed by atoms with Crippen molar-refractivity contribution in [3.63, 3.8) is 0 Å². The summed E-state index contributed by atoms with van der Waals surface area (Å²) in [6.07, 6.45) is 1.66. The number of cyclic esters (lactones) is 1. The molecule has 3 nitrogen and oxygen atoms in total. The first-order valence-corrected chi connectivity index (χ1v) is 3.12. The van der Waals surface area contributed by atoms with Crippen molar-refractivity contribution in [3.05, 3.63) is 0 Å². The Hall–Kier alpha value is -0.570. The highest BCUT2D eigenvalue weighted by Gasteiger charge is 2.22. The van der Waals surface area contributed by atoms with Gasteiger partial charge in [-0.15, -0.1) is 0 Å². The first kappa shape index (κ1) is 6.55. The summed E-state index contributed by atoms with van der Waals surface area (Å²) in [6, 6.07) is 0. The van der Waals surface area contributed by atoms with Crippen molar-refractivity contribution in [1.82, 2.24) is 0 Å². The van der Waals surface area contributed by atoms with E-state index in [9.17, 15) is 4.79 Å². The molecule has 1 aliphatic heterocycles. The zero-order valence-corrected chi connectivity index (χ0v) is 5.17. The average molecular weight is 130 g/mol. The number of hydrogen-bond acceptors (Lipinski definition) is 3. The van der Waals surface area contributed by atoms with Crippen LogP contribution in [0.25, 0.3) is 0 Å². The van der Waals surface area contributed by atoms with E-state index in [1.54, 1.807) is 0 Å². The van der Waals surface area contributed by atoms with Crippen LogP contribution >= 0.6 is 0 Å². The van der Waals surface area contributed by atoms with E-state index in [4.69, 9.17) is 5.11 Å². The van der Waals surface area contributed by atoms with E-state index in [-0.39, 0.29) is 18.5 Å². The average Bonchev–Trinajstić information content (AvgIpc) is 1.89. The highest BCUT2D eigenvalue weighted by molar-refractivity contribution is 5.73. The fourth-order valence-corrected chi connectivity index (χ4v) is 0.904. The van der Waals surface area contributed by atoms with Gasteiger partial charge in [0.05, 0.1) is 19.1 Å². The molecule has 52 valence electrons. The van der Waals surface area contributed by atoms with Crippen molar-refractivity contribution < 1.29 is 14.6 Å². The fraction of sp³-hybridized carbons (Fsp3) is 0.833. The first-order valence-electron chi connectivity index (χ1n) is 3.12. The standard InChI is InChI=1S/C6H10O3/c7-4-5-2-1-3-9-6(5)8/h5,7H,1-4H2/t5-/m0/s1. The number of carbonyl (C=O) groups is 1. The monoisotopic (exact) mass is 130 g/mol. The van der Waals surface area contributed by atoms with Gasteiger partial charge < -0.3 is 9.84 Å². The predicted molar refractivity (Wildman–Crippen MR) is 30.8 cm³/mol. The van der Waals surface area contributed by atoms with E-state index in [0.717, 1.165) is 12.8 Å². The fourth-order valence-electron chi connectivity index (χ4n) is 0.904. The minimum Gasteiger partial charge on any atom is -0.465 e. The van der Waals surface area contributed by atoms with Crippen molar-refractivity contribution >= 4 is 5.97 Å². The molecule has 0 spiro atoms. The Morgan fingerprint density at radius 2 is 2.56 bits per heavy atom. The zero-order chi connectivity index (χ0) is 6.69. The summed E-state index contributed by atoms with van der Waals surface area (Å²) < 4.78 is 4.68. The second-order valence-electron chi connectivity index (χ2n) is 2.19. The molecule has 3 heteroatoms. The van der Waals surface area contributed by atoms with Gasteiger partial charge in [-0.05, 0) is 12.8 Å². The Morgan fingerprint density at radius 3 is 3.00 bits per heavy atom. The zero-order valence-electron chi connectivity index (χ0n) is 5.17. The molecular weight excluding hydrogens is 120 g/mol. The van der Waals surface area contributed by atoms with Gasteiger partial charge in [0.2, 0.25) is 0 Å². The maximum absolute atomic E-state index is 10.6. The Kier molecular flexibility index (Phi) is 2.05. The number of esters is 1. The Morgan fingerprint density at radius 1 is 1.78 bits per heavy atom. The molecule has 1 aliphatic rings. The molecule has 0 unspecified atom stereocenters. The number of carbonyl (C=O) groups excluding carboxylic acids is 1. The molecule has 1 heterocycles. The van der Waals surface area contributed by atoms with Crippen LogP contribution in [-0.2, 0) is 9.53 Å². The summed E-state index contributed by atoms with van der Waals surface area (Å²) in [6.45, 7) is 0.453. The quantitative estimate of drug-likeness (QED) is 0.505. The Balaban J connectivity index is 2.39. The molecule has 0 aromatic rings. The van der Waals surface area contributed by atoms with Gasteiger partial charge in [0.25, 0.3) is 0 Å². The number of aliphatic hydroxyl groups excluding tert-OH is 1. The summed E-state index contributed by atoms with van der Waals surface area (Å²) in [5.41, 5.74) is 0.